The van der Waals surface area contributed by atoms with E-state index in [9.17, 15) is 5.11 Å². The predicted octanol–water partition coefficient (Wildman–Crippen LogP) is 2.14. The van der Waals surface area contributed by atoms with Crippen LogP contribution in [0, 0.1) is 13.8 Å². The highest BCUT2D eigenvalue weighted by molar-refractivity contribution is 5.35. The van der Waals surface area contributed by atoms with Crippen molar-refractivity contribution in [3.63, 3.8) is 0 Å². The first kappa shape index (κ1) is 13.4. The van der Waals surface area contributed by atoms with Crippen molar-refractivity contribution < 1.29 is 9.84 Å². The van der Waals surface area contributed by atoms with Crippen LogP contribution in [0.4, 0.5) is 0 Å². The Morgan fingerprint density at radius 1 is 1.39 bits per heavy atom. The fourth-order valence-electron chi connectivity index (χ4n) is 2.35. The van der Waals surface area contributed by atoms with E-state index in [1.54, 1.807) is 0 Å². The topological polar surface area (TPSA) is 32.7 Å². The van der Waals surface area contributed by atoms with Crippen LogP contribution in [0.5, 0.6) is 5.75 Å². The van der Waals surface area contributed by atoms with E-state index >= 15 is 0 Å². The molecule has 1 aromatic carbocycles. The van der Waals surface area contributed by atoms with Crippen LogP contribution >= 0.6 is 0 Å². The van der Waals surface area contributed by atoms with Crippen molar-refractivity contribution >= 4 is 0 Å². The maximum absolute atomic E-state index is 9.43. The zero-order valence-electron chi connectivity index (χ0n) is 11.4. The first-order valence-electron chi connectivity index (χ1n) is 6.75. The lowest BCUT2D eigenvalue weighted by Gasteiger charge is -2.15. The second-order valence-electron chi connectivity index (χ2n) is 5.21. The molecular weight excluding hydrogens is 226 g/mol. The second kappa shape index (κ2) is 6.21. The van der Waals surface area contributed by atoms with E-state index in [4.69, 9.17) is 4.74 Å². The molecule has 0 aromatic heterocycles. The van der Waals surface area contributed by atoms with Gasteiger partial charge in [-0.3, -0.25) is 0 Å². The summed E-state index contributed by atoms with van der Waals surface area (Å²) in [7, 11) is 0. The minimum atomic E-state index is -0.120. The Morgan fingerprint density at radius 2 is 2.22 bits per heavy atom. The first-order valence-corrected chi connectivity index (χ1v) is 6.75. The Hall–Kier alpha value is -1.06. The number of likely N-dealkylation sites (tertiary alicyclic amines) is 1. The van der Waals surface area contributed by atoms with Gasteiger partial charge in [-0.15, -0.1) is 0 Å². The van der Waals surface area contributed by atoms with Crippen LogP contribution in [0.15, 0.2) is 18.2 Å². The number of β-amino-alcohol motifs (C(OH)–C–C–N with tert-alkyl or cyclic N) is 1. The Bertz CT molecular complexity index is 392. The third kappa shape index (κ3) is 3.72. The summed E-state index contributed by atoms with van der Waals surface area (Å²) in [5.74, 6) is 0.997. The van der Waals surface area contributed by atoms with Crippen molar-refractivity contribution in [1.29, 1.82) is 0 Å². The van der Waals surface area contributed by atoms with Gasteiger partial charge >= 0.3 is 0 Å². The summed E-state index contributed by atoms with van der Waals surface area (Å²) in [4.78, 5) is 2.30. The standard InChI is InChI=1S/C15H23NO2/c1-12-4-5-13(2)15(10-12)18-9-3-7-16-8-6-14(17)11-16/h4-5,10,14,17H,3,6-9,11H2,1-2H3. The predicted molar refractivity (Wildman–Crippen MR) is 73.1 cm³/mol. The maximum atomic E-state index is 9.43. The minimum Gasteiger partial charge on any atom is -0.493 e. The summed E-state index contributed by atoms with van der Waals surface area (Å²) < 4.78 is 5.82. The highest BCUT2D eigenvalue weighted by atomic mass is 16.5. The van der Waals surface area contributed by atoms with Crippen LogP contribution < -0.4 is 4.74 Å². The molecule has 0 bridgehead atoms. The van der Waals surface area contributed by atoms with E-state index in [-0.39, 0.29) is 6.10 Å². The molecule has 1 fully saturated rings. The summed E-state index contributed by atoms with van der Waals surface area (Å²) in [6.07, 6.45) is 1.81. The quantitative estimate of drug-likeness (QED) is 0.812. The second-order valence-corrected chi connectivity index (χ2v) is 5.21. The number of aryl methyl sites for hydroxylation is 2. The van der Waals surface area contributed by atoms with E-state index in [0.717, 1.165) is 44.8 Å². The van der Waals surface area contributed by atoms with Crippen LogP contribution in [-0.4, -0.2) is 42.4 Å². The molecule has 0 radical (unpaired) electrons. The summed E-state index contributed by atoms with van der Waals surface area (Å²) in [5, 5.41) is 9.43. The molecule has 1 aliphatic rings. The molecule has 1 aromatic rings. The lowest BCUT2D eigenvalue weighted by atomic mass is 10.1. The molecule has 1 saturated heterocycles. The first-order chi connectivity index (χ1) is 8.65. The Balaban J connectivity index is 1.70. The highest BCUT2D eigenvalue weighted by Gasteiger charge is 2.19. The molecule has 1 unspecified atom stereocenters. The third-order valence-corrected chi connectivity index (χ3v) is 3.47. The van der Waals surface area contributed by atoms with Gasteiger partial charge in [0.05, 0.1) is 12.7 Å². The summed E-state index contributed by atoms with van der Waals surface area (Å²) in [6, 6.07) is 6.30. The van der Waals surface area contributed by atoms with Crippen LogP contribution in [0.2, 0.25) is 0 Å². The SMILES string of the molecule is Cc1ccc(C)c(OCCCN2CCC(O)C2)c1. The molecule has 2 rings (SSSR count). The van der Waals surface area contributed by atoms with E-state index in [0.29, 0.717) is 0 Å². The van der Waals surface area contributed by atoms with E-state index in [2.05, 4.69) is 36.9 Å². The summed E-state index contributed by atoms with van der Waals surface area (Å²) >= 11 is 0. The number of nitrogens with zero attached hydrogens (tertiary/aromatic N) is 1. The lowest BCUT2D eigenvalue weighted by Crippen LogP contribution is -2.24. The van der Waals surface area contributed by atoms with Gasteiger partial charge in [0.2, 0.25) is 0 Å². The van der Waals surface area contributed by atoms with Crippen molar-refractivity contribution in [1.82, 2.24) is 4.90 Å². The van der Waals surface area contributed by atoms with E-state index in [1.807, 2.05) is 0 Å². The average molecular weight is 249 g/mol. The van der Waals surface area contributed by atoms with Crippen molar-refractivity contribution in [3.8, 4) is 5.75 Å². The minimum absolute atomic E-state index is 0.120. The van der Waals surface area contributed by atoms with Gasteiger partial charge in [-0.2, -0.15) is 0 Å². The maximum Gasteiger partial charge on any atom is 0.122 e. The van der Waals surface area contributed by atoms with Gasteiger partial charge in [0, 0.05) is 19.6 Å². The number of ether oxygens (including phenoxy) is 1. The number of aliphatic hydroxyl groups excluding tert-OH is 1. The molecule has 1 heterocycles. The van der Waals surface area contributed by atoms with Crippen molar-refractivity contribution in [2.24, 2.45) is 0 Å². The Morgan fingerprint density at radius 3 is 2.94 bits per heavy atom. The summed E-state index contributed by atoms with van der Waals surface area (Å²) in [6.45, 7) is 7.76. The molecule has 3 nitrogen and oxygen atoms in total. The normalized spacial score (nSPS) is 20.3. The van der Waals surface area contributed by atoms with Crippen molar-refractivity contribution in [2.45, 2.75) is 32.8 Å². The number of aliphatic hydroxyl groups is 1. The van der Waals surface area contributed by atoms with Gasteiger partial charge < -0.3 is 14.7 Å². The fourth-order valence-corrected chi connectivity index (χ4v) is 2.35. The number of hydrogen-bond donors (Lipinski definition) is 1. The zero-order valence-corrected chi connectivity index (χ0v) is 11.4. The molecule has 100 valence electrons. The Labute approximate surface area is 109 Å². The van der Waals surface area contributed by atoms with Gasteiger partial charge in [-0.25, -0.2) is 0 Å². The van der Waals surface area contributed by atoms with Gasteiger partial charge in [0.25, 0.3) is 0 Å². The highest BCUT2D eigenvalue weighted by Crippen LogP contribution is 2.19. The van der Waals surface area contributed by atoms with Gasteiger partial charge in [0.1, 0.15) is 5.75 Å². The molecule has 1 atom stereocenters. The van der Waals surface area contributed by atoms with Crippen LogP contribution in [0.1, 0.15) is 24.0 Å². The molecule has 0 amide bonds. The van der Waals surface area contributed by atoms with Crippen LogP contribution in [-0.2, 0) is 0 Å². The average Bonchev–Trinajstić information content (AvgIpc) is 2.75. The van der Waals surface area contributed by atoms with Gasteiger partial charge in [-0.1, -0.05) is 12.1 Å². The van der Waals surface area contributed by atoms with Crippen molar-refractivity contribution in [2.75, 3.05) is 26.2 Å². The molecule has 1 aliphatic heterocycles. The number of benzene rings is 1. The monoisotopic (exact) mass is 249 g/mol. The molecule has 1 N–H and O–H groups in total. The largest absolute Gasteiger partial charge is 0.493 e. The van der Waals surface area contributed by atoms with Crippen LogP contribution in [0.3, 0.4) is 0 Å². The molecule has 0 spiro atoms. The number of rotatable bonds is 5. The molecular formula is C15H23NO2. The molecule has 3 heteroatoms. The van der Waals surface area contributed by atoms with Gasteiger partial charge in [-0.05, 0) is 43.9 Å². The van der Waals surface area contributed by atoms with E-state index < -0.39 is 0 Å². The smallest absolute Gasteiger partial charge is 0.122 e. The lowest BCUT2D eigenvalue weighted by molar-refractivity contribution is 0.173. The van der Waals surface area contributed by atoms with Crippen molar-refractivity contribution in [3.05, 3.63) is 29.3 Å². The Kier molecular flexibility index (Phi) is 4.61. The van der Waals surface area contributed by atoms with E-state index in [1.165, 1.54) is 11.1 Å². The fraction of sp³-hybridized carbons (Fsp3) is 0.600. The van der Waals surface area contributed by atoms with Crippen LogP contribution in [0.25, 0.3) is 0 Å². The van der Waals surface area contributed by atoms with Gasteiger partial charge in [0.15, 0.2) is 0 Å². The molecule has 0 saturated carbocycles. The molecule has 18 heavy (non-hydrogen) atoms. The zero-order chi connectivity index (χ0) is 13.0. The number of hydrogen-bond acceptors (Lipinski definition) is 3. The molecule has 0 aliphatic carbocycles. The third-order valence-electron chi connectivity index (χ3n) is 3.47. The summed E-state index contributed by atoms with van der Waals surface area (Å²) in [5.41, 5.74) is 2.43.